The maximum Gasteiger partial charge on any atom is 0.166 e. The Labute approximate surface area is 193 Å². The van der Waals surface area contributed by atoms with Crippen molar-refractivity contribution in [2.45, 2.75) is 52.4 Å². The molecule has 1 atom stereocenters. The highest BCUT2D eigenvalue weighted by molar-refractivity contribution is 5.98. The van der Waals surface area contributed by atoms with Crippen LogP contribution < -0.4 is 4.74 Å². The van der Waals surface area contributed by atoms with E-state index in [2.05, 4.69) is 44.7 Å². The van der Waals surface area contributed by atoms with Gasteiger partial charge in [-0.1, -0.05) is 86.5 Å². The van der Waals surface area contributed by atoms with Crippen molar-refractivity contribution in [1.29, 1.82) is 0 Å². The molecule has 0 radical (unpaired) electrons. The number of ether oxygens (including phenoxy) is 1. The summed E-state index contributed by atoms with van der Waals surface area (Å²) in [5.41, 5.74) is 4.32. The van der Waals surface area contributed by atoms with Gasteiger partial charge in [0.05, 0.1) is 0 Å². The van der Waals surface area contributed by atoms with Crippen LogP contribution in [0.2, 0.25) is 0 Å². The molecule has 0 aliphatic rings. The zero-order valence-electron chi connectivity index (χ0n) is 19.3. The van der Waals surface area contributed by atoms with Crippen molar-refractivity contribution in [2.75, 3.05) is 0 Å². The third-order valence-electron chi connectivity index (χ3n) is 5.87. The summed E-state index contributed by atoms with van der Waals surface area (Å²) in [6.07, 6.45) is 5.85. The Bertz CT molecular complexity index is 1000. The average Bonchev–Trinajstić information content (AvgIpc) is 2.82. The Kier molecular flexibility index (Phi) is 8.86. The third-order valence-corrected chi connectivity index (χ3v) is 5.87. The normalized spacial score (nSPS) is 11.7. The summed E-state index contributed by atoms with van der Waals surface area (Å²) >= 11 is 0. The van der Waals surface area contributed by atoms with Gasteiger partial charge in [-0.05, 0) is 68.0 Å². The molecule has 1 unspecified atom stereocenters. The highest BCUT2D eigenvalue weighted by Crippen LogP contribution is 2.28. The lowest BCUT2D eigenvalue weighted by atomic mass is 9.87. The van der Waals surface area contributed by atoms with Gasteiger partial charge in [-0.3, -0.25) is 4.79 Å². The molecule has 0 fully saturated rings. The van der Waals surface area contributed by atoms with Crippen molar-refractivity contribution < 1.29 is 9.53 Å². The number of Topliss-reactive ketones (excluding diaryl/α,β-unsaturated/α-hetero) is 1. The Hall–Kier alpha value is -3.13. The lowest BCUT2D eigenvalue weighted by Crippen LogP contribution is -2.15. The number of hydrogen-bond donors (Lipinski definition) is 0. The predicted octanol–water partition coefficient (Wildman–Crippen LogP) is 8.66. The van der Waals surface area contributed by atoms with Gasteiger partial charge in [-0.15, -0.1) is 0 Å². The fourth-order valence-corrected chi connectivity index (χ4v) is 3.93. The first-order valence-electron chi connectivity index (χ1n) is 11.7. The number of aryl methyl sites for hydroxylation is 1. The van der Waals surface area contributed by atoms with Crippen LogP contribution in [0.15, 0.2) is 85.4 Å². The van der Waals surface area contributed by atoms with E-state index in [1.54, 1.807) is 0 Å². The summed E-state index contributed by atoms with van der Waals surface area (Å²) in [4.78, 5) is 13.4. The number of carbonyl (C=O) groups is 1. The first kappa shape index (κ1) is 23.5. The molecule has 3 aromatic rings. The lowest BCUT2D eigenvalue weighted by molar-refractivity contribution is 0.0903. The van der Waals surface area contributed by atoms with E-state index in [0.717, 1.165) is 55.4 Å². The van der Waals surface area contributed by atoms with Gasteiger partial charge in [0, 0.05) is 11.5 Å². The minimum atomic E-state index is 0.0349. The fraction of sp³-hybridized carbons (Fsp3) is 0.300. The van der Waals surface area contributed by atoms with Crippen molar-refractivity contribution >= 4 is 11.4 Å². The third kappa shape index (κ3) is 6.95. The Morgan fingerprint density at radius 2 is 1.53 bits per heavy atom. The molecule has 0 amide bonds. The monoisotopic (exact) mass is 426 g/mol. The maximum absolute atomic E-state index is 13.4. The van der Waals surface area contributed by atoms with Gasteiger partial charge >= 0.3 is 0 Å². The van der Waals surface area contributed by atoms with Crippen LogP contribution in [0.4, 0.5) is 0 Å². The smallest absolute Gasteiger partial charge is 0.166 e. The second-order valence-corrected chi connectivity index (χ2v) is 8.51. The van der Waals surface area contributed by atoms with Crippen molar-refractivity contribution in [3.8, 4) is 11.5 Å². The molecule has 2 heteroatoms. The van der Waals surface area contributed by atoms with E-state index >= 15 is 0 Å². The van der Waals surface area contributed by atoms with Crippen molar-refractivity contribution in [3.05, 3.63) is 102 Å². The number of rotatable bonds is 12. The molecule has 0 aliphatic carbocycles. The van der Waals surface area contributed by atoms with E-state index in [1.807, 2.05) is 54.6 Å². The van der Waals surface area contributed by atoms with Crippen LogP contribution in [-0.2, 0) is 0 Å². The van der Waals surface area contributed by atoms with Crippen LogP contribution in [0.1, 0.15) is 66.9 Å². The van der Waals surface area contributed by atoms with Crippen LogP contribution in [0.25, 0.3) is 5.57 Å². The zero-order valence-corrected chi connectivity index (χ0v) is 19.3. The molecule has 0 saturated heterocycles. The van der Waals surface area contributed by atoms with Gasteiger partial charge in [-0.2, -0.15) is 0 Å². The van der Waals surface area contributed by atoms with Crippen LogP contribution in [-0.4, -0.2) is 5.78 Å². The summed E-state index contributed by atoms with van der Waals surface area (Å²) in [7, 11) is 0. The van der Waals surface area contributed by atoms with Gasteiger partial charge in [0.25, 0.3) is 0 Å². The quantitative estimate of drug-likeness (QED) is 0.271. The van der Waals surface area contributed by atoms with Crippen LogP contribution in [0.5, 0.6) is 11.5 Å². The highest BCUT2D eigenvalue weighted by atomic mass is 16.5. The van der Waals surface area contributed by atoms with Crippen LogP contribution >= 0.6 is 0 Å². The SMILES string of the molecule is C=C(CCCC(CCCC)C(=O)c1cccc(Oc2ccccc2)c1)c1ccc(C)cc1. The molecular weight excluding hydrogens is 392 g/mol. The molecule has 0 bridgehead atoms. The highest BCUT2D eigenvalue weighted by Gasteiger charge is 2.20. The minimum Gasteiger partial charge on any atom is -0.457 e. The molecule has 0 heterocycles. The number of allylic oxidation sites excluding steroid dienone is 1. The van der Waals surface area contributed by atoms with E-state index < -0.39 is 0 Å². The fourth-order valence-electron chi connectivity index (χ4n) is 3.93. The number of unbranched alkanes of at least 4 members (excludes halogenated alkanes) is 1. The molecule has 0 spiro atoms. The summed E-state index contributed by atoms with van der Waals surface area (Å²) in [5, 5.41) is 0. The van der Waals surface area contributed by atoms with Crippen LogP contribution in [0.3, 0.4) is 0 Å². The van der Waals surface area contributed by atoms with Crippen molar-refractivity contribution in [1.82, 2.24) is 0 Å². The van der Waals surface area contributed by atoms with Gasteiger partial charge in [-0.25, -0.2) is 0 Å². The van der Waals surface area contributed by atoms with E-state index in [-0.39, 0.29) is 11.7 Å². The van der Waals surface area contributed by atoms with E-state index in [9.17, 15) is 4.79 Å². The summed E-state index contributed by atoms with van der Waals surface area (Å²) in [6.45, 7) is 8.54. The Morgan fingerprint density at radius 3 is 2.25 bits per heavy atom. The number of para-hydroxylation sites is 1. The molecular formula is C30H34O2. The summed E-state index contributed by atoms with van der Waals surface area (Å²) in [5.74, 6) is 1.73. The lowest BCUT2D eigenvalue weighted by Gasteiger charge is -2.17. The first-order chi connectivity index (χ1) is 15.6. The zero-order chi connectivity index (χ0) is 22.8. The molecule has 32 heavy (non-hydrogen) atoms. The van der Waals surface area contributed by atoms with Crippen molar-refractivity contribution in [2.24, 2.45) is 5.92 Å². The predicted molar refractivity (Wildman–Crippen MR) is 134 cm³/mol. The van der Waals surface area contributed by atoms with E-state index in [0.29, 0.717) is 5.75 Å². The molecule has 3 rings (SSSR count). The Balaban J connectivity index is 1.63. The first-order valence-corrected chi connectivity index (χ1v) is 11.7. The number of ketones is 1. The molecule has 0 saturated carbocycles. The standard InChI is InChI=1S/C30H34O2/c1-4-5-12-26(13-9-11-24(3)25-20-18-23(2)19-21-25)30(31)27-14-10-17-29(22-27)32-28-15-7-6-8-16-28/h6-8,10,14-22,26H,3-5,9,11-13H2,1-2H3. The molecule has 166 valence electrons. The van der Waals surface area contributed by atoms with E-state index in [1.165, 1.54) is 11.1 Å². The summed E-state index contributed by atoms with van der Waals surface area (Å²) < 4.78 is 5.94. The maximum atomic E-state index is 13.4. The molecule has 0 aliphatic heterocycles. The second-order valence-electron chi connectivity index (χ2n) is 8.51. The van der Waals surface area contributed by atoms with Gasteiger partial charge in [0.15, 0.2) is 5.78 Å². The van der Waals surface area contributed by atoms with Crippen molar-refractivity contribution in [3.63, 3.8) is 0 Å². The van der Waals surface area contributed by atoms with Gasteiger partial charge in [0.1, 0.15) is 11.5 Å². The average molecular weight is 427 g/mol. The van der Waals surface area contributed by atoms with Crippen LogP contribution in [0, 0.1) is 12.8 Å². The minimum absolute atomic E-state index is 0.0349. The summed E-state index contributed by atoms with van der Waals surface area (Å²) in [6, 6.07) is 25.8. The van der Waals surface area contributed by atoms with E-state index in [4.69, 9.17) is 4.74 Å². The number of carbonyl (C=O) groups excluding carboxylic acids is 1. The molecule has 2 nitrogen and oxygen atoms in total. The topological polar surface area (TPSA) is 26.3 Å². The molecule has 3 aromatic carbocycles. The Morgan fingerprint density at radius 1 is 0.844 bits per heavy atom. The molecule has 0 N–H and O–H groups in total. The number of benzene rings is 3. The van der Waals surface area contributed by atoms with Gasteiger partial charge < -0.3 is 4.74 Å². The molecule has 0 aromatic heterocycles. The largest absolute Gasteiger partial charge is 0.457 e. The van der Waals surface area contributed by atoms with Gasteiger partial charge in [0.2, 0.25) is 0 Å². The second kappa shape index (κ2) is 12.0. The number of hydrogen-bond acceptors (Lipinski definition) is 2.